The van der Waals surface area contributed by atoms with E-state index in [9.17, 15) is 4.79 Å². The van der Waals surface area contributed by atoms with E-state index in [1.54, 1.807) is 7.11 Å². The molecule has 0 aliphatic heterocycles. The molecule has 0 spiro atoms. The molecule has 104 valence electrons. The lowest BCUT2D eigenvalue weighted by molar-refractivity contribution is -0.140. The van der Waals surface area contributed by atoms with E-state index in [-0.39, 0.29) is 12.0 Å². The number of rotatable bonds is 5. The number of nitrogens with two attached hydrogens (primary N) is 1. The topological polar surface area (TPSA) is 61.5 Å². The Bertz CT molecular complexity index is 459. The van der Waals surface area contributed by atoms with Gasteiger partial charge in [-0.25, -0.2) is 0 Å². The zero-order valence-corrected chi connectivity index (χ0v) is 11.5. The van der Waals surface area contributed by atoms with E-state index in [1.165, 1.54) is 18.2 Å². The fourth-order valence-corrected chi connectivity index (χ4v) is 2.89. The SMILES string of the molecule is COC(=O)CCCC1c2cccc(OC)c2CC1N. The number of carbonyl (C=O) groups is 1. The van der Waals surface area contributed by atoms with Crippen molar-refractivity contribution in [2.75, 3.05) is 14.2 Å². The van der Waals surface area contributed by atoms with Crippen LogP contribution in [-0.4, -0.2) is 26.2 Å². The second-order valence-corrected chi connectivity index (χ2v) is 4.97. The van der Waals surface area contributed by atoms with Crippen molar-refractivity contribution in [2.45, 2.75) is 37.6 Å². The van der Waals surface area contributed by atoms with Gasteiger partial charge in [-0.3, -0.25) is 4.79 Å². The van der Waals surface area contributed by atoms with Gasteiger partial charge < -0.3 is 15.2 Å². The Labute approximate surface area is 113 Å². The van der Waals surface area contributed by atoms with Crippen LogP contribution in [0.1, 0.15) is 36.3 Å². The van der Waals surface area contributed by atoms with E-state index in [2.05, 4.69) is 10.8 Å². The van der Waals surface area contributed by atoms with Gasteiger partial charge >= 0.3 is 5.97 Å². The van der Waals surface area contributed by atoms with Crippen molar-refractivity contribution in [3.63, 3.8) is 0 Å². The summed E-state index contributed by atoms with van der Waals surface area (Å²) in [6, 6.07) is 6.21. The summed E-state index contributed by atoms with van der Waals surface area (Å²) in [5, 5.41) is 0. The molecule has 1 aliphatic carbocycles. The highest BCUT2D eigenvalue weighted by Crippen LogP contribution is 2.40. The van der Waals surface area contributed by atoms with Gasteiger partial charge in [0.1, 0.15) is 5.75 Å². The van der Waals surface area contributed by atoms with Gasteiger partial charge in [0.2, 0.25) is 0 Å². The van der Waals surface area contributed by atoms with Gasteiger partial charge in [0.25, 0.3) is 0 Å². The fourth-order valence-electron chi connectivity index (χ4n) is 2.89. The molecule has 0 saturated carbocycles. The maximum Gasteiger partial charge on any atom is 0.305 e. The zero-order valence-electron chi connectivity index (χ0n) is 11.5. The Morgan fingerprint density at radius 1 is 1.42 bits per heavy atom. The first-order chi connectivity index (χ1) is 9.17. The largest absolute Gasteiger partial charge is 0.496 e. The summed E-state index contributed by atoms with van der Waals surface area (Å²) in [6.07, 6.45) is 3.03. The van der Waals surface area contributed by atoms with Crippen molar-refractivity contribution in [3.8, 4) is 5.75 Å². The lowest BCUT2D eigenvalue weighted by Gasteiger charge is -2.16. The Hall–Kier alpha value is -1.55. The number of hydrogen-bond donors (Lipinski definition) is 1. The third kappa shape index (κ3) is 2.89. The first-order valence-corrected chi connectivity index (χ1v) is 6.65. The molecule has 2 N–H and O–H groups in total. The van der Waals surface area contributed by atoms with Gasteiger partial charge in [0.15, 0.2) is 0 Å². The molecule has 0 aromatic heterocycles. The van der Waals surface area contributed by atoms with Crippen LogP contribution in [0.4, 0.5) is 0 Å². The second-order valence-electron chi connectivity index (χ2n) is 4.97. The van der Waals surface area contributed by atoms with E-state index in [1.807, 2.05) is 12.1 Å². The Balaban J connectivity index is 2.06. The minimum atomic E-state index is -0.155. The minimum Gasteiger partial charge on any atom is -0.496 e. The summed E-state index contributed by atoms with van der Waals surface area (Å²) < 4.78 is 10.0. The van der Waals surface area contributed by atoms with Crippen LogP contribution in [0.5, 0.6) is 5.75 Å². The molecule has 0 radical (unpaired) electrons. The zero-order chi connectivity index (χ0) is 13.8. The Morgan fingerprint density at radius 3 is 2.89 bits per heavy atom. The van der Waals surface area contributed by atoms with Crippen molar-refractivity contribution in [1.29, 1.82) is 0 Å². The maximum absolute atomic E-state index is 11.1. The number of fused-ring (bicyclic) bond motifs is 1. The lowest BCUT2D eigenvalue weighted by Crippen LogP contribution is -2.25. The molecule has 1 aromatic rings. The number of hydrogen-bond acceptors (Lipinski definition) is 4. The molecule has 0 heterocycles. The summed E-state index contributed by atoms with van der Waals surface area (Å²) in [4.78, 5) is 11.1. The first kappa shape index (κ1) is 13.9. The van der Waals surface area contributed by atoms with Gasteiger partial charge in [-0.05, 0) is 42.4 Å². The highest BCUT2D eigenvalue weighted by molar-refractivity contribution is 5.69. The molecule has 0 bridgehead atoms. The molecule has 2 atom stereocenters. The summed E-state index contributed by atoms with van der Waals surface area (Å²) in [5.74, 6) is 1.08. The average molecular weight is 263 g/mol. The Kier molecular flexibility index (Phi) is 4.43. The van der Waals surface area contributed by atoms with Crippen molar-refractivity contribution >= 4 is 5.97 Å². The number of esters is 1. The van der Waals surface area contributed by atoms with Crippen LogP contribution in [0.3, 0.4) is 0 Å². The standard InChI is InChI=1S/C15H21NO3/c1-18-14-7-3-5-10-11(13(16)9-12(10)14)6-4-8-15(17)19-2/h3,5,7,11,13H,4,6,8-9,16H2,1-2H3. The molecule has 1 aromatic carbocycles. The molecule has 2 rings (SSSR count). The van der Waals surface area contributed by atoms with E-state index in [0.717, 1.165) is 25.0 Å². The van der Waals surface area contributed by atoms with Gasteiger partial charge in [-0.2, -0.15) is 0 Å². The monoisotopic (exact) mass is 263 g/mol. The predicted molar refractivity (Wildman–Crippen MR) is 73.3 cm³/mol. The number of ether oxygens (including phenoxy) is 2. The third-order valence-electron chi connectivity index (χ3n) is 3.87. The van der Waals surface area contributed by atoms with E-state index >= 15 is 0 Å². The van der Waals surface area contributed by atoms with Crippen LogP contribution in [0.15, 0.2) is 18.2 Å². The van der Waals surface area contributed by atoms with Crippen LogP contribution < -0.4 is 10.5 Å². The number of methoxy groups -OCH3 is 2. The van der Waals surface area contributed by atoms with Crippen molar-refractivity contribution in [1.82, 2.24) is 0 Å². The molecule has 2 unspecified atom stereocenters. The smallest absolute Gasteiger partial charge is 0.305 e. The van der Waals surface area contributed by atoms with Gasteiger partial charge in [0, 0.05) is 12.5 Å². The molecule has 1 aliphatic rings. The minimum absolute atomic E-state index is 0.115. The van der Waals surface area contributed by atoms with Gasteiger partial charge in [-0.15, -0.1) is 0 Å². The van der Waals surface area contributed by atoms with Crippen molar-refractivity contribution in [3.05, 3.63) is 29.3 Å². The predicted octanol–water partition coefficient (Wildman–Crippen LogP) is 2.01. The van der Waals surface area contributed by atoms with Crippen LogP contribution in [0.2, 0.25) is 0 Å². The summed E-state index contributed by atoms with van der Waals surface area (Å²) in [5.41, 5.74) is 8.73. The van der Waals surface area contributed by atoms with Crippen molar-refractivity contribution in [2.24, 2.45) is 5.73 Å². The molecule has 19 heavy (non-hydrogen) atoms. The highest BCUT2D eigenvalue weighted by Gasteiger charge is 2.31. The molecular weight excluding hydrogens is 242 g/mol. The molecule has 0 saturated heterocycles. The summed E-state index contributed by atoms with van der Waals surface area (Å²) in [7, 11) is 3.11. The summed E-state index contributed by atoms with van der Waals surface area (Å²) >= 11 is 0. The first-order valence-electron chi connectivity index (χ1n) is 6.65. The summed E-state index contributed by atoms with van der Waals surface area (Å²) in [6.45, 7) is 0. The molecule has 0 fully saturated rings. The van der Waals surface area contributed by atoms with Crippen LogP contribution in [0.25, 0.3) is 0 Å². The van der Waals surface area contributed by atoms with E-state index in [4.69, 9.17) is 10.5 Å². The number of carbonyl (C=O) groups excluding carboxylic acids is 1. The quantitative estimate of drug-likeness (QED) is 0.825. The Morgan fingerprint density at radius 2 is 2.21 bits per heavy atom. The van der Waals surface area contributed by atoms with Gasteiger partial charge in [0.05, 0.1) is 14.2 Å². The average Bonchev–Trinajstić information content (AvgIpc) is 2.74. The highest BCUT2D eigenvalue weighted by atomic mass is 16.5. The fraction of sp³-hybridized carbons (Fsp3) is 0.533. The van der Waals surface area contributed by atoms with Gasteiger partial charge in [-0.1, -0.05) is 12.1 Å². The second kappa shape index (κ2) is 6.06. The molecule has 4 nitrogen and oxygen atoms in total. The molecule has 4 heteroatoms. The van der Waals surface area contributed by atoms with Crippen molar-refractivity contribution < 1.29 is 14.3 Å². The van der Waals surface area contributed by atoms with Crippen LogP contribution in [0, 0.1) is 0 Å². The third-order valence-corrected chi connectivity index (χ3v) is 3.87. The van der Waals surface area contributed by atoms with Crippen LogP contribution in [-0.2, 0) is 16.0 Å². The van der Waals surface area contributed by atoms with Crippen LogP contribution >= 0.6 is 0 Å². The van der Waals surface area contributed by atoms with E-state index < -0.39 is 0 Å². The number of benzene rings is 1. The molecule has 0 amide bonds. The normalized spacial score (nSPS) is 21.0. The maximum atomic E-state index is 11.1. The van der Waals surface area contributed by atoms with E-state index in [0.29, 0.717) is 12.3 Å². The lowest BCUT2D eigenvalue weighted by atomic mass is 9.93. The molecular formula is C15H21NO3.